The van der Waals surface area contributed by atoms with Crippen LogP contribution in [0.3, 0.4) is 0 Å². The zero-order valence-electron chi connectivity index (χ0n) is 10.9. The van der Waals surface area contributed by atoms with E-state index in [-0.39, 0.29) is 12.3 Å². The second-order valence-electron chi connectivity index (χ2n) is 4.36. The van der Waals surface area contributed by atoms with E-state index in [1.165, 1.54) is 24.5 Å². The summed E-state index contributed by atoms with van der Waals surface area (Å²) in [5, 5.41) is 12.7. The lowest BCUT2D eigenvalue weighted by Crippen LogP contribution is -2.21. The normalized spacial score (nSPS) is 13.1. The van der Waals surface area contributed by atoms with Gasteiger partial charge in [-0.1, -0.05) is 12.1 Å². The molecule has 2 aromatic rings. The maximum atomic E-state index is 12.1. The molecule has 7 heteroatoms. The number of rotatable bonds is 6. The van der Waals surface area contributed by atoms with Crippen LogP contribution in [0.15, 0.2) is 47.1 Å². The number of ether oxygens (including phenoxy) is 1. The van der Waals surface area contributed by atoms with E-state index in [1.807, 2.05) is 0 Å². The molecule has 0 fully saturated rings. The van der Waals surface area contributed by atoms with Gasteiger partial charge in [0.1, 0.15) is 17.6 Å². The molecule has 1 atom stereocenters. The first kappa shape index (κ1) is 15.4. The van der Waals surface area contributed by atoms with Crippen LogP contribution in [0.2, 0.25) is 0 Å². The highest BCUT2D eigenvalue weighted by Gasteiger charge is 2.31. The Morgan fingerprint density at radius 3 is 2.71 bits per heavy atom. The van der Waals surface area contributed by atoms with E-state index in [0.717, 1.165) is 0 Å². The summed E-state index contributed by atoms with van der Waals surface area (Å²) in [6.45, 7) is 0.519. The number of halogens is 3. The van der Waals surface area contributed by atoms with E-state index >= 15 is 0 Å². The van der Waals surface area contributed by atoms with Crippen molar-refractivity contribution in [2.24, 2.45) is 0 Å². The van der Waals surface area contributed by atoms with Crippen LogP contribution in [-0.2, 0) is 6.54 Å². The average molecular weight is 301 g/mol. The molecule has 0 radical (unpaired) electrons. The summed E-state index contributed by atoms with van der Waals surface area (Å²) in [6.07, 6.45) is -4.06. The number of furan rings is 1. The van der Waals surface area contributed by atoms with Crippen LogP contribution in [-0.4, -0.2) is 18.0 Å². The summed E-state index contributed by atoms with van der Waals surface area (Å²) in [5.41, 5.74) is 0.614. The Kier molecular flexibility index (Phi) is 4.87. The van der Waals surface area contributed by atoms with E-state index in [2.05, 4.69) is 10.1 Å². The predicted octanol–water partition coefficient (Wildman–Crippen LogP) is 3.00. The Balaban J connectivity index is 1.84. The fourth-order valence-corrected chi connectivity index (χ4v) is 1.79. The maximum absolute atomic E-state index is 12.1. The van der Waals surface area contributed by atoms with Crippen molar-refractivity contribution in [3.8, 4) is 5.75 Å². The summed E-state index contributed by atoms with van der Waals surface area (Å²) < 4.78 is 45.2. The molecule has 0 aliphatic rings. The third-order valence-electron chi connectivity index (χ3n) is 2.67. The van der Waals surface area contributed by atoms with Crippen LogP contribution < -0.4 is 10.1 Å². The van der Waals surface area contributed by atoms with Gasteiger partial charge in [-0.25, -0.2) is 0 Å². The topological polar surface area (TPSA) is 54.6 Å². The second kappa shape index (κ2) is 6.64. The maximum Gasteiger partial charge on any atom is 0.573 e. The third-order valence-corrected chi connectivity index (χ3v) is 2.67. The third kappa shape index (κ3) is 5.13. The Morgan fingerprint density at radius 2 is 2.05 bits per heavy atom. The molecule has 2 N–H and O–H groups in total. The van der Waals surface area contributed by atoms with Crippen LogP contribution in [0.5, 0.6) is 5.75 Å². The van der Waals surface area contributed by atoms with Gasteiger partial charge in [-0.3, -0.25) is 0 Å². The van der Waals surface area contributed by atoms with Gasteiger partial charge in [0.15, 0.2) is 0 Å². The van der Waals surface area contributed by atoms with E-state index < -0.39 is 12.5 Å². The van der Waals surface area contributed by atoms with Gasteiger partial charge in [0.2, 0.25) is 0 Å². The van der Waals surface area contributed by atoms with Crippen molar-refractivity contribution in [3.63, 3.8) is 0 Å². The first-order valence-corrected chi connectivity index (χ1v) is 6.21. The molecule has 0 saturated heterocycles. The molecule has 0 spiro atoms. The molecule has 0 aliphatic carbocycles. The Morgan fingerprint density at radius 1 is 1.24 bits per heavy atom. The molecular weight excluding hydrogens is 287 g/mol. The van der Waals surface area contributed by atoms with E-state index in [9.17, 15) is 18.3 Å². The Labute approximate surface area is 119 Å². The highest BCUT2D eigenvalue weighted by atomic mass is 19.4. The fraction of sp³-hybridized carbons (Fsp3) is 0.286. The molecule has 4 nitrogen and oxygen atoms in total. The molecule has 0 aliphatic heterocycles. The molecule has 1 unspecified atom stereocenters. The van der Waals surface area contributed by atoms with Crippen LogP contribution in [0.1, 0.15) is 17.4 Å². The summed E-state index contributed by atoms with van der Waals surface area (Å²) in [5.74, 6) is 0.157. The van der Waals surface area contributed by atoms with Crippen molar-refractivity contribution in [2.45, 2.75) is 19.0 Å². The van der Waals surface area contributed by atoms with Gasteiger partial charge >= 0.3 is 6.36 Å². The minimum atomic E-state index is -4.71. The summed E-state index contributed by atoms with van der Waals surface area (Å²) in [6, 6.07) is 8.96. The van der Waals surface area contributed by atoms with E-state index in [1.54, 1.807) is 18.2 Å². The monoisotopic (exact) mass is 301 g/mol. The summed E-state index contributed by atoms with van der Waals surface area (Å²) in [7, 11) is 0. The molecule has 114 valence electrons. The lowest BCUT2D eigenvalue weighted by Gasteiger charge is -2.12. The van der Waals surface area contributed by atoms with Crippen molar-refractivity contribution < 1.29 is 27.4 Å². The highest BCUT2D eigenvalue weighted by molar-refractivity contribution is 5.28. The number of aliphatic hydroxyl groups excluding tert-OH is 1. The van der Waals surface area contributed by atoms with Crippen LogP contribution >= 0.6 is 0 Å². The van der Waals surface area contributed by atoms with E-state index in [4.69, 9.17) is 4.42 Å². The van der Waals surface area contributed by atoms with Crippen LogP contribution in [0, 0.1) is 0 Å². The van der Waals surface area contributed by atoms with Crippen molar-refractivity contribution >= 4 is 0 Å². The summed E-state index contributed by atoms with van der Waals surface area (Å²) >= 11 is 0. The van der Waals surface area contributed by atoms with Crippen molar-refractivity contribution in [1.29, 1.82) is 0 Å². The number of nitrogens with one attached hydrogen (secondary N) is 1. The number of hydrogen-bond donors (Lipinski definition) is 2. The number of benzene rings is 1. The van der Waals surface area contributed by atoms with Gasteiger partial charge in [-0.2, -0.15) is 0 Å². The molecule has 21 heavy (non-hydrogen) atoms. The standard InChI is InChI=1S/C14H14F3NO3/c15-14(16,17)21-11-4-1-3-10(7-11)8-18-9-12(19)13-5-2-6-20-13/h1-7,12,18-19H,8-9H2. The predicted molar refractivity (Wildman–Crippen MR) is 68.5 cm³/mol. The number of aliphatic hydroxyl groups is 1. The smallest absolute Gasteiger partial charge is 0.467 e. The largest absolute Gasteiger partial charge is 0.573 e. The molecule has 0 amide bonds. The van der Waals surface area contributed by atoms with Gasteiger partial charge < -0.3 is 19.6 Å². The molecule has 2 rings (SSSR count). The Bertz CT molecular complexity index is 555. The van der Waals surface area contributed by atoms with Gasteiger partial charge in [0.05, 0.1) is 6.26 Å². The van der Waals surface area contributed by atoms with Crippen LogP contribution in [0.4, 0.5) is 13.2 Å². The first-order valence-electron chi connectivity index (χ1n) is 6.21. The zero-order chi connectivity index (χ0) is 15.3. The van der Waals surface area contributed by atoms with Crippen LogP contribution in [0.25, 0.3) is 0 Å². The van der Waals surface area contributed by atoms with E-state index in [0.29, 0.717) is 17.9 Å². The van der Waals surface area contributed by atoms with Crippen molar-refractivity contribution in [1.82, 2.24) is 5.32 Å². The second-order valence-corrected chi connectivity index (χ2v) is 4.36. The molecule has 1 heterocycles. The first-order chi connectivity index (χ1) is 9.94. The zero-order valence-corrected chi connectivity index (χ0v) is 10.9. The minimum Gasteiger partial charge on any atom is -0.467 e. The quantitative estimate of drug-likeness (QED) is 0.861. The van der Waals surface area contributed by atoms with Gasteiger partial charge in [0.25, 0.3) is 0 Å². The number of hydrogen-bond acceptors (Lipinski definition) is 4. The lowest BCUT2D eigenvalue weighted by atomic mass is 10.2. The SMILES string of the molecule is OC(CNCc1cccc(OC(F)(F)F)c1)c1ccco1. The Hall–Kier alpha value is -1.99. The van der Waals surface area contributed by atoms with Gasteiger partial charge in [0, 0.05) is 13.1 Å². The van der Waals surface area contributed by atoms with Gasteiger partial charge in [-0.15, -0.1) is 13.2 Å². The van der Waals surface area contributed by atoms with Gasteiger partial charge in [-0.05, 0) is 29.8 Å². The highest BCUT2D eigenvalue weighted by Crippen LogP contribution is 2.23. The number of alkyl halides is 3. The van der Waals surface area contributed by atoms with Crippen molar-refractivity contribution in [3.05, 3.63) is 54.0 Å². The molecule has 1 aromatic carbocycles. The molecular formula is C14H14F3NO3. The molecule has 0 bridgehead atoms. The minimum absolute atomic E-state index is 0.220. The summed E-state index contributed by atoms with van der Waals surface area (Å²) in [4.78, 5) is 0. The lowest BCUT2D eigenvalue weighted by molar-refractivity contribution is -0.274. The molecule has 1 aromatic heterocycles. The molecule has 0 saturated carbocycles. The fourth-order valence-electron chi connectivity index (χ4n) is 1.79. The van der Waals surface area contributed by atoms with Crippen molar-refractivity contribution in [2.75, 3.05) is 6.54 Å². The average Bonchev–Trinajstić information content (AvgIpc) is 2.91.